The maximum atomic E-state index is 12.6. The average Bonchev–Trinajstić information content (AvgIpc) is 3.02. The number of hydrogen-bond acceptors (Lipinski definition) is 4. The Balaban J connectivity index is 1.78. The van der Waals surface area contributed by atoms with E-state index in [4.69, 9.17) is 44.3 Å². The maximum Gasteiger partial charge on any atom is 0.257 e. The van der Waals surface area contributed by atoms with Crippen molar-refractivity contribution in [3.8, 4) is 11.5 Å². The highest BCUT2D eigenvalue weighted by Crippen LogP contribution is 2.26. The molecule has 6 nitrogen and oxygen atoms in total. The third-order valence-electron chi connectivity index (χ3n) is 3.89. The molecule has 1 aromatic heterocycles. The molecule has 0 radical (unpaired) electrons. The first-order valence-corrected chi connectivity index (χ1v) is 9.24. The first-order chi connectivity index (χ1) is 13.4. The largest absolute Gasteiger partial charge is 0.497 e. The number of methoxy groups -OCH3 is 2. The molecule has 1 N–H and O–H groups in total. The Morgan fingerprint density at radius 2 is 1.68 bits per heavy atom. The molecule has 0 unspecified atom stereocenters. The van der Waals surface area contributed by atoms with E-state index in [-0.39, 0.29) is 11.7 Å². The van der Waals surface area contributed by atoms with Gasteiger partial charge in [-0.05, 0) is 29.8 Å². The Morgan fingerprint density at radius 1 is 1.00 bits per heavy atom. The molecule has 3 rings (SSSR count). The summed E-state index contributed by atoms with van der Waals surface area (Å²) in [7, 11) is 3.02. The molecule has 146 valence electrons. The van der Waals surface area contributed by atoms with Gasteiger partial charge >= 0.3 is 0 Å². The molecule has 0 spiro atoms. The third-order valence-corrected chi connectivity index (χ3v) is 4.91. The molecular weight excluding hydrogens is 425 g/mol. The SMILES string of the molecule is COc1cc(OC)cc(C(=O)Nc2nn(Cc3ccc(Cl)c(Cl)c3)cc2Cl)c1. The number of nitrogens with zero attached hydrogens (tertiary/aromatic N) is 2. The zero-order valence-corrected chi connectivity index (χ0v) is 17.3. The van der Waals surface area contributed by atoms with Gasteiger partial charge < -0.3 is 14.8 Å². The van der Waals surface area contributed by atoms with Crippen LogP contribution in [0.5, 0.6) is 11.5 Å². The van der Waals surface area contributed by atoms with Crippen LogP contribution in [0.1, 0.15) is 15.9 Å². The van der Waals surface area contributed by atoms with Crippen LogP contribution in [0.4, 0.5) is 5.82 Å². The second-order valence-electron chi connectivity index (χ2n) is 5.83. The van der Waals surface area contributed by atoms with Crippen LogP contribution in [0.3, 0.4) is 0 Å². The molecule has 0 fully saturated rings. The van der Waals surface area contributed by atoms with Crippen LogP contribution < -0.4 is 14.8 Å². The van der Waals surface area contributed by atoms with Gasteiger partial charge in [-0.2, -0.15) is 5.10 Å². The zero-order chi connectivity index (χ0) is 20.3. The van der Waals surface area contributed by atoms with E-state index in [2.05, 4.69) is 10.4 Å². The normalized spacial score (nSPS) is 10.6. The first kappa shape index (κ1) is 20.3. The van der Waals surface area contributed by atoms with E-state index in [0.29, 0.717) is 38.7 Å². The topological polar surface area (TPSA) is 65.4 Å². The molecule has 0 atom stereocenters. The Bertz CT molecular complexity index is 999. The van der Waals surface area contributed by atoms with Crippen molar-refractivity contribution in [3.05, 3.63) is 68.8 Å². The molecule has 1 heterocycles. The Morgan fingerprint density at radius 3 is 2.29 bits per heavy atom. The summed E-state index contributed by atoms with van der Waals surface area (Å²) in [5.41, 5.74) is 1.25. The highest BCUT2D eigenvalue weighted by atomic mass is 35.5. The quantitative estimate of drug-likeness (QED) is 0.575. The summed E-state index contributed by atoms with van der Waals surface area (Å²) in [6.07, 6.45) is 1.62. The molecule has 9 heteroatoms. The van der Waals surface area contributed by atoms with Crippen molar-refractivity contribution >= 4 is 46.5 Å². The highest BCUT2D eigenvalue weighted by Gasteiger charge is 2.15. The number of halogens is 3. The number of nitrogens with one attached hydrogen (secondary N) is 1. The second kappa shape index (κ2) is 8.73. The van der Waals surface area contributed by atoms with Gasteiger partial charge in [-0.3, -0.25) is 9.48 Å². The monoisotopic (exact) mass is 439 g/mol. The number of anilines is 1. The minimum Gasteiger partial charge on any atom is -0.497 e. The second-order valence-corrected chi connectivity index (χ2v) is 7.05. The van der Waals surface area contributed by atoms with Gasteiger partial charge in [-0.15, -0.1) is 0 Å². The van der Waals surface area contributed by atoms with Gasteiger partial charge in [0.15, 0.2) is 5.82 Å². The molecular formula is C19H16Cl3N3O3. The van der Waals surface area contributed by atoms with Crippen LogP contribution in [0.25, 0.3) is 0 Å². The molecule has 1 amide bonds. The van der Waals surface area contributed by atoms with Crippen LogP contribution >= 0.6 is 34.8 Å². The number of amides is 1. The van der Waals surface area contributed by atoms with Crippen molar-refractivity contribution in [2.24, 2.45) is 0 Å². The van der Waals surface area contributed by atoms with Gasteiger partial charge in [0.05, 0.1) is 30.8 Å². The van der Waals surface area contributed by atoms with E-state index >= 15 is 0 Å². The van der Waals surface area contributed by atoms with Crippen LogP contribution in [-0.4, -0.2) is 29.9 Å². The molecule has 2 aromatic carbocycles. The first-order valence-electron chi connectivity index (χ1n) is 8.11. The van der Waals surface area contributed by atoms with Gasteiger partial charge in [0, 0.05) is 17.8 Å². The number of benzene rings is 2. The Kier molecular flexibility index (Phi) is 6.34. The number of ether oxygens (including phenoxy) is 2. The fourth-order valence-electron chi connectivity index (χ4n) is 2.51. The number of aromatic nitrogens is 2. The lowest BCUT2D eigenvalue weighted by Gasteiger charge is -2.08. The fraction of sp³-hybridized carbons (Fsp3) is 0.158. The Hall–Kier alpha value is -2.41. The molecule has 3 aromatic rings. The van der Waals surface area contributed by atoms with Crippen molar-refractivity contribution < 1.29 is 14.3 Å². The summed E-state index contributed by atoms with van der Waals surface area (Å²) in [5.74, 6) is 0.855. The lowest BCUT2D eigenvalue weighted by Crippen LogP contribution is -2.13. The Labute approximate surface area is 176 Å². The molecule has 0 aliphatic heterocycles. The van der Waals surface area contributed by atoms with Gasteiger partial charge in [0.2, 0.25) is 0 Å². The van der Waals surface area contributed by atoms with Crippen molar-refractivity contribution in [1.82, 2.24) is 9.78 Å². The van der Waals surface area contributed by atoms with E-state index in [9.17, 15) is 4.79 Å². The summed E-state index contributed by atoms with van der Waals surface area (Å²) in [6.45, 7) is 0.416. The molecule has 28 heavy (non-hydrogen) atoms. The predicted octanol–water partition coefficient (Wildman–Crippen LogP) is 5.16. The summed E-state index contributed by atoms with van der Waals surface area (Å²) < 4.78 is 12.0. The van der Waals surface area contributed by atoms with Gasteiger partial charge in [-0.1, -0.05) is 40.9 Å². The fourth-order valence-corrected chi connectivity index (χ4v) is 3.02. The molecule has 0 saturated carbocycles. The average molecular weight is 441 g/mol. The lowest BCUT2D eigenvalue weighted by atomic mass is 10.2. The molecule has 0 aliphatic rings. The molecule has 0 aliphatic carbocycles. The number of carbonyl (C=O) groups is 1. The van der Waals surface area contributed by atoms with E-state index in [0.717, 1.165) is 5.56 Å². The van der Waals surface area contributed by atoms with Crippen molar-refractivity contribution in [1.29, 1.82) is 0 Å². The van der Waals surface area contributed by atoms with Gasteiger partial charge in [0.25, 0.3) is 5.91 Å². The van der Waals surface area contributed by atoms with Crippen LogP contribution in [0, 0.1) is 0 Å². The van der Waals surface area contributed by atoms with E-state index in [1.54, 1.807) is 41.2 Å². The zero-order valence-electron chi connectivity index (χ0n) is 15.0. The van der Waals surface area contributed by atoms with Crippen LogP contribution in [0.15, 0.2) is 42.6 Å². The van der Waals surface area contributed by atoms with Crippen LogP contribution in [-0.2, 0) is 6.54 Å². The minimum absolute atomic E-state index is 0.244. The van der Waals surface area contributed by atoms with E-state index < -0.39 is 0 Å². The highest BCUT2D eigenvalue weighted by molar-refractivity contribution is 6.42. The van der Waals surface area contributed by atoms with Crippen LogP contribution in [0.2, 0.25) is 15.1 Å². The van der Waals surface area contributed by atoms with Gasteiger partial charge in [-0.25, -0.2) is 0 Å². The minimum atomic E-state index is -0.390. The van der Waals surface area contributed by atoms with Gasteiger partial charge in [0.1, 0.15) is 16.5 Å². The summed E-state index contributed by atoms with van der Waals surface area (Å²) in [4.78, 5) is 12.6. The number of rotatable bonds is 6. The lowest BCUT2D eigenvalue weighted by molar-refractivity contribution is 0.102. The van der Waals surface area contributed by atoms with Crippen molar-refractivity contribution in [3.63, 3.8) is 0 Å². The van der Waals surface area contributed by atoms with E-state index in [1.807, 2.05) is 6.07 Å². The smallest absolute Gasteiger partial charge is 0.257 e. The number of hydrogen-bond donors (Lipinski definition) is 1. The molecule has 0 bridgehead atoms. The van der Waals surface area contributed by atoms with E-state index in [1.165, 1.54) is 14.2 Å². The summed E-state index contributed by atoms with van der Waals surface area (Å²) in [5, 5.41) is 8.26. The maximum absolute atomic E-state index is 12.6. The predicted molar refractivity (Wildman–Crippen MR) is 110 cm³/mol. The number of carbonyl (C=O) groups excluding carboxylic acids is 1. The summed E-state index contributed by atoms with van der Waals surface area (Å²) >= 11 is 18.2. The van der Waals surface area contributed by atoms with Crippen molar-refractivity contribution in [2.45, 2.75) is 6.54 Å². The molecule has 0 saturated heterocycles. The standard InChI is InChI=1S/C19H16Cl3N3O3/c1-27-13-6-12(7-14(8-13)28-2)19(26)23-18-17(22)10-25(24-18)9-11-3-4-15(20)16(21)5-11/h3-8,10H,9H2,1-2H3,(H,23,24,26). The summed E-state index contributed by atoms with van der Waals surface area (Å²) in [6, 6.07) is 10.2. The van der Waals surface area contributed by atoms with Crippen molar-refractivity contribution in [2.75, 3.05) is 19.5 Å². The third kappa shape index (κ3) is 4.70.